The Morgan fingerprint density at radius 2 is 1.58 bits per heavy atom. The summed E-state index contributed by atoms with van der Waals surface area (Å²) < 4.78 is 5.72. The van der Waals surface area contributed by atoms with Crippen molar-refractivity contribution in [1.82, 2.24) is 5.06 Å². The van der Waals surface area contributed by atoms with Crippen molar-refractivity contribution in [2.24, 2.45) is 0 Å². The predicted molar refractivity (Wildman–Crippen MR) is 120 cm³/mol. The van der Waals surface area contributed by atoms with Crippen molar-refractivity contribution < 1.29 is 19.2 Å². The third-order valence-electron chi connectivity index (χ3n) is 5.19. The van der Waals surface area contributed by atoms with Gasteiger partial charge in [-0.1, -0.05) is 48.9 Å². The number of hydroxylamine groups is 2. The Balaban J connectivity index is 1.65. The third kappa shape index (κ3) is 7.26. The van der Waals surface area contributed by atoms with Crippen LogP contribution in [0.15, 0.2) is 66.7 Å². The molecule has 31 heavy (non-hydrogen) atoms. The number of piperidine rings is 1. The van der Waals surface area contributed by atoms with E-state index in [-0.39, 0.29) is 0 Å². The number of benzene rings is 2. The van der Waals surface area contributed by atoms with Crippen molar-refractivity contribution in [3.8, 4) is 0 Å². The number of anilines is 1. The molecule has 0 bridgehead atoms. The number of ether oxygens (including phenoxy) is 1. The van der Waals surface area contributed by atoms with E-state index in [0.717, 1.165) is 61.3 Å². The predicted octanol–water partition coefficient (Wildman–Crippen LogP) is 4.08. The summed E-state index contributed by atoms with van der Waals surface area (Å²) in [5.41, 5.74) is 3.02. The third-order valence-corrected chi connectivity index (χ3v) is 5.19. The Bertz CT molecular complexity index is 872. The average Bonchev–Trinajstić information content (AvgIpc) is 2.79. The molecule has 164 valence electrons. The molecular weight excluding hydrogens is 392 g/mol. The highest BCUT2D eigenvalue weighted by Gasteiger charge is 2.18. The van der Waals surface area contributed by atoms with Crippen LogP contribution in [0, 0.1) is 0 Å². The molecule has 0 spiro atoms. The van der Waals surface area contributed by atoms with Crippen LogP contribution in [0.5, 0.6) is 0 Å². The Kier molecular flexibility index (Phi) is 8.24. The van der Waals surface area contributed by atoms with Gasteiger partial charge in [0.05, 0.1) is 0 Å². The maximum absolute atomic E-state index is 12.5. The Hall–Kier alpha value is -3.12. The van der Waals surface area contributed by atoms with Crippen LogP contribution in [0.2, 0.25) is 0 Å². The molecule has 0 radical (unpaired) electrons. The number of carbonyl (C=O) groups is 2. The number of hydrogen-bond acceptors (Lipinski definition) is 6. The molecule has 1 aliphatic rings. The van der Waals surface area contributed by atoms with Crippen LogP contribution in [0.1, 0.15) is 36.5 Å². The molecule has 0 saturated carbocycles. The van der Waals surface area contributed by atoms with Crippen LogP contribution >= 0.6 is 0 Å². The van der Waals surface area contributed by atoms with Crippen molar-refractivity contribution >= 4 is 17.6 Å². The highest BCUT2D eigenvalue weighted by molar-refractivity contribution is 5.91. The van der Waals surface area contributed by atoms with Gasteiger partial charge in [-0.05, 0) is 36.1 Å². The van der Waals surface area contributed by atoms with Gasteiger partial charge in [0.1, 0.15) is 6.10 Å². The topological polar surface area (TPSA) is 59.1 Å². The molecule has 0 aromatic heterocycles. The molecule has 1 aliphatic heterocycles. The molecule has 3 rings (SSSR count). The first-order valence-electron chi connectivity index (χ1n) is 10.7. The lowest BCUT2D eigenvalue weighted by atomic mass is 10.0. The van der Waals surface area contributed by atoms with Gasteiger partial charge in [0, 0.05) is 51.4 Å². The summed E-state index contributed by atoms with van der Waals surface area (Å²) in [6, 6.07) is 17.8. The van der Waals surface area contributed by atoms with Crippen molar-refractivity contribution in [3.05, 3.63) is 77.9 Å². The summed E-state index contributed by atoms with van der Waals surface area (Å²) in [6.45, 7) is 1.46. The maximum Gasteiger partial charge on any atom is 0.349 e. The zero-order valence-electron chi connectivity index (χ0n) is 18.2. The molecule has 1 saturated heterocycles. The minimum absolute atomic E-state index is 0.464. The van der Waals surface area contributed by atoms with E-state index in [9.17, 15) is 9.59 Å². The smallest absolute Gasteiger partial charge is 0.349 e. The standard InChI is InChI=1S/C25H30N2O4/c1-26(2)22-13-11-21(12-14-22)23(19-20-9-5-3-6-10-20)30-24(28)15-16-25(29)31-27-17-7-4-8-18-27/h3,5-6,9-16,23H,4,7-8,17-19H2,1-2H3/b16-15+. The fraction of sp³-hybridized carbons (Fsp3) is 0.360. The van der Waals surface area contributed by atoms with Gasteiger partial charge >= 0.3 is 11.9 Å². The summed E-state index contributed by atoms with van der Waals surface area (Å²) in [5, 5.41) is 1.64. The summed E-state index contributed by atoms with van der Waals surface area (Å²) in [6.07, 6.45) is 5.51. The number of hydrogen-bond donors (Lipinski definition) is 0. The fourth-order valence-electron chi connectivity index (χ4n) is 3.47. The van der Waals surface area contributed by atoms with Gasteiger partial charge in [0.2, 0.25) is 0 Å². The van der Waals surface area contributed by atoms with Crippen LogP contribution in [-0.4, -0.2) is 44.2 Å². The minimum Gasteiger partial charge on any atom is -0.454 e. The van der Waals surface area contributed by atoms with Gasteiger partial charge in [-0.15, -0.1) is 5.06 Å². The fourth-order valence-corrected chi connectivity index (χ4v) is 3.47. The van der Waals surface area contributed by atoms with E-state index in [1.807, 2.05) is 73.6 Å². The number of rotatable bonds is 8. The summed E-state index contributed by atoms with van der Waals surface area (Å²) in [4.78, 5) is 31.7. The zero-order valence-corrected chi connectivity index (χ0v) is 18.2. The maximum atomic E-state index is 12.5. The molecule has 1 unspecified atom stereocenters. The van der Waals surface area contributed by atoms with E-state index >= 15 is 0 Å². The van der Waals surface area contributed by atoms with Crippen molar-refractivity contribution in [1.29, 1.82) is 0 Å². The second-order valence-electron chi connectivity index (χ2n) is 7.83. The van der Waals surface area contributed by atoms with Gasteiger partial charge in [-0.25, -0.2) is 9.59 Å². The summed E-state index contributed by atoms with van der Waals surface area (Å²) >= 11 is 0. The van der Waals surface area contributed by atoms with E-state index in [1.165, 1.54) is 0 Å². The molecular formula is C25H30N2O4. The first kappa shape index (κ1) is 22.6. The van der Waals surface area contributed by atoms with Crippen LogP contribution in [-0.2, 0) is 25.6 Å². The van der Waals surface area contributed by atoms with Crippen LogP contribution in [0.3, 0.4) is 0 Å². The Labute approximate surface area is 184 Å². The van der Waals surface area contributed by atoms with Crippen LogP contribution < -0.4 is 4.90 Å². The second kappa shape index (κ2) is 11.3. The minimum atomic E-state index is -0.576. The molecule has 2 aromatic carbocycles. The number of nitrogens with zero attached hydrogens (tertiary/aromatic N) is 2. The Morgan fingerprint density at radius 1 is 0.935 bits per heavy atom. The van der Waals surface area contributed by atoms with E-state index in [2.05, 4.69) is 0 Å². The first-order valence-corrected chi connectivity index (χ1v) is 10.7. The van der Waals surface area contributed by atoms with Gasteiger partial charge in [-0.3, -0.25) is 0 Å². The van der Waals surface area contributed by atoms with Gasteiger partial charge in [0.15, 0.2) is 0 Å². The van der Waals surface area contributed by atoms with Gasteiger partial charge in [0.25, 0.3) is 0 Å². The zero-order chi connectivity index (χ0) is 22.1. The second-order valence-corrected chi connectivity index (χ2v) is 7.83. The molecule has 1 heterocycles. The number of esters is 1. The molecule has 0 N–H and O–H groups in total. The van der Waals surface area contributed by atoms with E-state index in [1.54, 1.807) is 5.06 Å². The van der Waals surface area contributed by atoms with Gasteiger partial charge in [-0.2, -0.15) is 0 Å². The highest BCUT2D eigenvalue weighted by atomic mass is 16.7. The molecule has 0 amide bonds. The van der Waals surface area contributed by atoms with Crippen molar-refractivity contribution in [2.75, 3.05) is 32.1 Å². The molecule has 6 heteroatoms. The first-order chi connectivity index (χ1) is 15.0. The quantitative estimate of drug-likeness (QED) is 0.472. The van der Waals surface area contributed by atoms with E-state index in [0.29, 0.717) is 6.42 Å². The van der Waals surface area contributed by atoms with E-state index < -0.39 is 18.0 Å². The largest absolute Gasteiger partial charge is 0.454 e. The summed E-state index contributed by atoms with van der Waals surface area (Å²) in [5.74, 6) is -1.14. The molecule has 6 nitrogen and oxygen atoms in total. The van der Waals surface area contributed by atoms with Gasteiger partial charge < -0.3 is 14.5 Å². The average molecular weight is 423 g/mol. The number of carbonyl (C=O) groups excluding carboxylic acids is 2. The van der Waals surface area contributed by atoms with Crippen molar-refractivity contribution in [2.45, 2.75) is 31.8 Å². The lowest BCUT2D eigenvalue weighted by Gasteiger charge is -2.24. The lowest BCUT2D eigenvalue weighted by molar-refractivity contribution is -0.188. The highest BCUT2D eigenvalue weighted by Crippen LogP contribution is 2.25. The molecule has 2 aromatic rings. The van der Waals surface area contributed by atoms with Crippen LogP contribution in [0.4, 0.5) is 5.69 Å². The Morgan fingerprint density at radius 3 is 2.23 bits per heavy atom. The molecule has 0 aliphatic carbocycles. The van der Waals surface area contributed by atoms with E-state index in [4.69, 9.17) is 9.57 Å². The molecule has 1 atom stereocenters. The van der Waals surface area contributed by atoms with Crippen molar-refractivity contribution in [3.63, 3.8) is 0 Å². The summed E-state index contributed by atoms with van der Waals surface area (Å²) in [7, 11) is 3.95. The molecule has 1 fully saturated rings. The van der Waals surface area contributed by atoms with Crippen LogP contribution in [0.25, 0.3) is 0 Å². The normalized spacial score (nSPS) is 15.4. The monoisotopic (exact) mass is 422 g/mol. The lowest BCUT2D eigenvalue weighted by Crippen LogP contribution is -2.31. The SMILES string of the molecule is CN(C)c1ccc(C(Cc2ccccc2)OC(=O)/C=C/C(=O)ON2CCCCC2)cc1.